The lowest BCUT2D eigenvalue weighted by Gasteiger charge is -2.25. The van der Waals surface area contributed by atoms with Crippen LogP contribution in [0.4, 0.5) is 0 Å². The van der Waals surface area contributed by atoms with Crippen molar-refractivity contribution in [2.75, 3.05) is 19.8 Å². The van der Waals surface area contributed by atoms with Gasteiger partial charge in [0.1, 0.15) is 19.3 Å². The second kappa shape index (κ2) is 6.70. The molecule has 1 saturated heterocycles. The van der Waals surface area contributed by atoms with Gasteiger partial charge < -0.3 is 14.2 Å². The highest BCUT2D eigenvalue weighted by Gasteiger charge is 2.32. The maximum atomic E-state index is 11.8. The molecule has 2 aliphatic rings. The second-order valence-electron chi connectivity index (χ2n) is 5.05. The third kappa shape index (κ3) is 4.35. The smallest absolute Gasteiger partial charge is 0.309 e. The molecular formula is C14H20O5. The van der Waals surface area contributed by atoms with Gasteiger partial charge in [-0.2, -0.15) is 0 Å². The molecule has 1 atom stereocenters. The van der Waals surface area contributed by atoms with Crippen LogP contribution in [0.25, 0.3) is 0 Å². The first-order chi connectivity index (χ1) is 9.20. The van der Waals surface area contributed by atoms with Crippen molar-refractivity contribution < 1.29 is 23.8 Å². The molecule has 5 nitrogen and oxygen atoms in total. The van der Waals surface area contributed by atoms with Crippen LogP contribution >= 0.6 is 0 Å². The molecule has 2 rings (SSSR count). The van der Waals surface area contributed by atoms with E-state index < -0.39 is 0 Å². The highest BCUT2D eigenvalue weighted by molar-refractivity contribution is 5.75. The van der Waals surface area contributed by atoms with E-state index in [0.717, 1.165) is 0 Å². The van der Waals surface area contributed by atoms with E-state index in [1.807, 2.05) is 0 Å². The Kier molecular flexibility index (Phi) is 4.96. The molecule has 2 fully saturated rings. The molecule has 5 heteroatoms. The number of hydrogen-bond acceptors (Lipinski definition) is 5. The van der Waals surface area contributed by atoms with Gasteiger partial charge in [0.05, 0.1) is 18.4 Å². The SMILES string of the molecule is C=CCOC(=O)C1CCC(C(=O)OCC2CO2)CC1. The van der Waals surface area contributed by atoms with E-state index in [9.17, 15) is 9.59 Å². The topological polar surface area (TPSA) is 65.1 Å². The minimum absolute atomic E-state index is 0.0813. The normalized spacial score (nSPS) is 29.4. The summed E-state index contributed by atoms with van der Waals surface area (Å²) in [6.45, 7) is 4.81. The summed E-state index contributed by atoms with van der Waals surface area (Å²) in [5, 5.41) is 0. The molecule has 0 spiro atoms. The molecule has 0 amide bonds. The largest absolute Gasteiger partial charge is 0.463 e. The van der Waals surface area contributed by atoms with Crippen molar-refractivity contribution in [1.82, 2.24) is 0 Å². The highest BCUT2D eigenvalue weighted by Crippen LogP contribution is 2.30. The Hall–Kier alpha value is -1.36. The maximum Gasteiger partial charge on any atom is 0.309 e. The van der Waals surface area contributed by atoms with Crippen molar-refractivity contribution >= 4 is 11.9 Å². The van der Waals surface area contributed by atoms with Crippen LogP contribution in [-0.4, -0.2) is 37.9 Å². The number of hydrogen-bond donors (Lipinski definition) is 0. The van der Waals surface area contributed by atoms with Gasteiger partial charge in [0, 0.05) is 0 Å². The fourth-order valence-electron chi connectivity index (χ4n) is 2.28. The zero-order valence-electron chi connectivity index (χ0n) is 11.0. The summed E-state index contributed by atoms with van der Waals surface area (Å²) in [6, 6.07) is 0. The second-order valence-corrected chi connectivity index (χ2v) is 5.05. The Morgan fingerprint density at radius 2 is 1.63 bits per heavy atom. The van der Waals surface area contributed by atoms with Gasteiger partial charge in [-0.1, -0.05) is 12.7 Å². The van der Waals surface area contributed by atoms with Gasteiger partial charge in [-0.05, 0) is 25.7 Å². The summed E-state index contributed by atoms with van der Waals surface area (Å²) in [6.07, 6.45) is 4.43. The van der Waals surface area contributed by atoms with E-state index in [2.05, 4.69) is 6.58 Å². The number of ether oxygens (including phenoxy) is 3. The van der Waals surface area contributed by atoms with Crippen molar-refractivity contribution in [2.24, 2.45) is 11.8 Å². The number of carbonyl (C=O) groups is 2. The number of epoxide rings is 1. The first kappa shape index (κ1) is 14.1. The third-order valence-corrected chi connectivity index (χ3v) is 3.55. The lowest BCUT2D eigenvalue weighted by atomic mass is 9.82. The van der Waals surface area contributed by atoms with Gasteiger partial charge in [0.15, 0.2) is 0 Å². The van der Waals surface area contributed by atoms with Crippen LogP contribution in [0.2, 0.25) is 0 Å². The van der Waals surface area contributed by atoms with Gasteiger partial charge in [-0.3, -0.25) is 9.59 Å². The number of rotatable bonds is 6. The Morgan fingerprint density at radius 1 is 1.11 bits per heavy atom. The van der Waals surface area contributed by atoms with Crippen molar-refractivity contribution in [1.29, 1.82) is 0 Å². The van der Waals surface area contributed by atoms with Crippen LogP contribution in [0.15, 0.2) is 12.7 Å². The van der Waals surface area contributed by atoms with Crippen LogP contribution in [0.3, 0.4) is 0 Å². The van der Waals surface area contributed by atoms with Gasteiger partial charge in [-0.25, -0.2) is 0 Å². The van der Waals surface area contributed by atoms with Crippen LogP contribution in [0.1, 0.15) is 25.7 Å². The molecular weight excluding hydrogens is 248 g/mol. The number of esters is 2. The van der Waals surface area contributed by atoms with E-state index in [1.165, 1.54) is 0 Å². The molecule has 1 unspecified atom stereocenters. The minimum Gasteiger partial charge on any atom is -0.463 e. The van der Waals surface area contributed by atoms with Gasteiger partial charge in [0.25, 0.3) is 0 Å². The van der Waals surface area contributed by atoms with Crippen LogP contribution in [-0.2, 0) is 23.8 Å². The van der Waals surface area contributed by atoms with E-state index in [0.29, 0.717) is 38.9 Å². The fourth-order valence-corrected chi connectivity index (χ4v) is 2.28. The molecule has 1 aliphatic heterocycles. The molecule has 0 N–H and O–H groups in total. The summed E-state index contributed by atoms with van der Waals surface area (Å²) < 4.78 is 15.2. The molecule has 1 aliphatic carbocycles. The molecule has 0 aromatic heterocycles. The van der Waals surface area contributed by atoms with Gasteiger partial charge >= 0.3 is 11.9 Å². The van der Waals surface area contributed by atoms with E-state index in [-0.39, 0.29) is 36.5 Å². The average molecular weight is 268 g/mol. The third-order valence-electron chi connectivity index (χ3n) is 3.55. The summed E-state index contributed by atoms with van der Waals surface area (Å²) in [7, 11) is 0. The van der Waals surface area contributed by atoms with Gasteiger partial charge in [0.2, 0.25) is 0 Å². The highest BCUT2D eigenvalue weighted by atomic mass is 16.6. The monoisotopic (exact) mass is 268 g/mol. The first-order valence-electron chi connectivity index (χ1n) is 6.76. The summed E-state index contributed by atoms with van der Waals surface area (Å²) in [4.78, 5) is 23.4. The molecule has 0 aromatic carbocycles. The Bertz CT molecular complexity index is 340. The van der Waals surface area contributed by atoms with Crippen molar-refractivity contribution in [3.63, 3.8) is 0 Å². The lowest BCUT2D eigenvalue weighted by Crippen LogP contribution is -2.28. The molecule has 1 heterocycles. The van der Waals surface area contributed by atoms with Gasteiger partial charge in [-0.15, -0.1) is 0 Å². The molecule has 0 radical (unpaired) electrons. The number of carbonyl (C=O) groups excluding carboxylic acids is 2. The molecule has 106 valence electrons. The zero-order chi connectivity index (χ0) is 13.7. The predicted molar refractivity (Wildman–Crippen MR) is 67.3 cm³/mol. The fraction of sp³-hybridized carbons (Fsp3) is 0.714. The Morgan fingerprint density at radius 3 is 2.11 bits per heavy atom. The zero-order valence-corrected chi connectivity index (χ0v) is 11.0. The summed E-state index contributed by atoms with van der Waals surface area (Å²) >= 11 is 0. The van der Waals surface area contributed by atoms with Crippen molar-refractivity contribution in [2.45, 2.75) is 31.8 Å². The molecule has 0 aromatic rings. The van der Waals surface area contributed by atoms with Crippen LogP contribution in [0, 0.1) is 11.8 Å². The Balaban J connectivity index is 1.67. The van der Waals surface area contributed by atoms with Crippen LogP contribution < -0.4 is 0 Å². The van der Waals surface area contributed by atoms with E-state index in [4.69, 9.17) is 14.2 Å². The minimum atomic E-state index is -0.182. The maximum absolute atomic E-state index is 11.8. The molecule has 1 saturated carbocycles. The molecule has 0 bridgehead atoms. The van der Waals surface area contributed by atoms with Crippen molar-refractivity contribution in [3.05, 3.63) is 12.7 Å². The molecule has 19 heavy (non-hydrogen) atoms. The van der Waals surface area contributed by atoms with E-state index in [1.54, 1.807) is 6.08 Å². The van der Waals surface area contributed by atoms with Crippen molar-refractivity contribution in [3.8, 4) is 0 Å². The standard InChI is InChI=1S/C14H20O5/c1-2-7-17-13(15)10-3-5-11(6-4-10)14(16)19-9-12-8-18-12/h2,10-12H,1,3-9H2. The summed E-state index contributed by atoms with van der Waals surface area (Å²) in [5.74, 6) is -0.510. The first-order valence-corrected chi connectivity index (χ1v) is 6.76. The lowest BCUT2D eigenvalue weighted by molar-refractivity contribution is -0.154. The average Bonchev–Trinajstić information content (AvgIpc) is 3.26. The van der Waals surface area contributed by atoms with Crippen LogP contribution in [0.5, 0.6) is 0 Å². The Labute approximate surface area is 112 Å². The predicted octanol–water partition coefficient (Wildman–Crippen LogP) is 1.46. The van der Waals surface area contributed by atoms with E-state index >= 15 is 0 Å². The summed E-state index contributed by atoms with van der Waals surface area (Å²) in [5.41, 5.74) is 0. The quantitative estimate of drug-likeness (QED) is 0.414.